The van der Waals surface area contributed by atoms with Crippen LogP contribution in [0.5, 0.6) is 0 Å². The Morgan fingerprint density at radius 3 is 2.28 bits per heavy atom. The standard InChI is InChI=1S/C23H25ClN2O6/c1-2-3-14-31-23(30)16-8-10-17(11-9-16)25-20(27)12-13-22(29)32-15-21(28)26-19-7-5-4-6-18(19)24/h4-11H,2-3,12-15H2,1H3,(H,25,27)(H,26,28). The van der Waals surface area contributed by atoms with E-state index in [1.807, 2.05) is 6.92 Å². The zero-order valence-electron chi connectivity index (χ0n) is 17.7. The third kappa shape index (κ3) is 8.77. The van der Waals surface area contributed by atoms with Crippen LogP contribution in [-0.4, -0.2) is 37.0 Å². The summed E-state index contributed by atoms with van der Waals surface area (Å²) in [7, 11) is 0. The average molecular weight is 461 g/mol. The highest BCUT2D eigenvalue weighted by atomic mass is 35.5. The molecular weight excluding hydrogens is 436 g/mol. The first-order valence-electron chi connectivity index (χ1n) is 10.2. The lowest BCUT2D eigenvalue weighted by atomic mass is 10.2. The van der Waals surface area contributed by atoms with Gasteiger partial charge >= 0.3 is 11.9 Å². The van der Waals surface area contributed by atoms with Crippen molar-refractivity contribution in [3.8, 4) is 0 Å². The molecule has 0 aliphatic heterocycles. The summed E-state index contributed by atoms with van der Waals surface area (Å²) in [6.07, 6.45) is 1.43. The molecule has 0 heterocycles. The third-order valence-electron chi connectivity index (χ3n) is 4.20. The van der Waals surface area contributed by atoms with E-state index in [9.17, 15) is 19.2 Å². The van der Waals surface area contributed by atoms with E-state index < -0.39 is 30.4 Å². The Balaban J connectivity index is 1.68. The first kappa shape index (κ1) is 24.9. The van der Waals surface area contributed by atoms with Crippen LogP contribution in [0.1, 0.15) is 43.0 Å². The molecule has 0 fully saturated rings. The highest BCUT2D eigenvalue weighted by Crippen LogP contribution is 2.20. The van der Waals surface area contributed by atoms with Crippen molar-refractivity contribution in [2.24, 2.45) is 0 Å². The number of anilines is 2. The van der Waals surface area contributed by atoms with Crippen LogP contribution in [0.4, 0.5) is 11.4 Å². The fraction of sp³-hybridized carbons (Fsp3) is 0.304. The Morgan fingerprint density at radius 1 is 0.875 bits per heavy atom. The van der Waals surface area contributed by atoms with Crippen LogP contribution in [0.2, 0.25) is 5.02 Å². The third-order valence-corrected chi connectivity index (χ3v) is 4.53. The van der Waals surface area contributed by atoms with Gasteiger partial charge in [0.1, 0.15) is 0 Å². The fourth-order valence-corrected chi connectivity index (χ4v) is 2.67. The lowest BCUT2D eigenvalue weighted by molar-refractivity contribution is -0.147. The Morgan fingerprint density at radius 2 is 1.59 bits per heavy atom. The monoisotopic (exact) mass is 460 g/mol. The molecule has 2 aromatic rings. The van der Waals surface area contributed by atoms with Gasteiger partial charge in [0.2, 0.25) is 5.91 Å². The molecule has 0 radical (unpaired) electrons. The summed E-state index contributed by atoms with van der Waals surface area (Å²) in [5.41, 5.74) is 1.28. The number of benzene rings is 2. The number of nitrogens with one attached hydrogen (secondary N) is 2. The zero-order valence-corrected chi connectivity index (χ0v) is 18.4. The molecule has 8 nitrogen and oxygen atoms in total. The van der Waals surface area contributed by atoms with Gasteiger partial charge in [-0.1, -0.05) is 37.1 Å². The Hall–Kier alpha value is -3.39. The minimum absolute atomic E-state index is 0.119. The highest BCUT2D eigenvalue weighted by Gasteiger charge is 2.12. The number of carbonyl (C=O) groups excluding carboxylic acids is 4. The van der Waals surface area contributed by atoms with Crippen molar-refractivity contribution in [3.63, 3.8) is 0 Å². The van der Waals surface area contributed by atoms with Crippen LogP contribution in [0.3, 0.4) is 0 Å². The smallest absolute Gasteiger partial charge is 0.338 e. The van der Waals surface area contributed by atoms with Gasteiger partial charge in [0.15, 0.2) is 6.61 Å². The van der Waals surface area contributed by atoms with Gasteiger partial charge in [-0.2, -0.15) is 0 Å². The van der Waals surface area contributed by atoms with Gasteiger partial charge in [-0.05, 0) is 42.8 Å². The van der Waals surface area contributed by atoms with E-state index in [-0.39, 0.29) is 12.8 Å². The number of hydrogen-bond donors (Lipinski definition) is 2. The summed E-state index contributed by atoms with van der Waals surface area (Å²) in [5, 5.41) is 5.52. The molecule has 2 rings (SSSR count). The molecule has 0 atom stereocenters. The van der Waals surface area contributed by atoms with Crippen molar-refractivity contribution in [1.82, 2.24) is 0 Å². The molecule has 9 heteroatoms. The van der Waals surface area contributed by atoms with Gasteiger partial charge in [-0.3, -0.25) is 14.4 Å². The summed E-state index contributed by atoms with van der Waals surface area (Å²) in [5.74, 6) is -2.04. The van der Waals surface area contributed by atoms with E-state index >= 15 is 0 Å². The van der Waals surface area contributed by atoms with Gasteiger partial charge in [-0.25, -0.2) is 4.79 Å². The fourth-order valence-electron chi connectivity index (χ4n) is 2.49. The largest absolute Gasteiger partial charge is 0.462 e. The van der Waals surface area contributed by atoms with Crippen molar-refractivity contribution >= 4 is 46.7 Å². The normalized spacial score (nSPS) is 10.2. The van der Waals surface area contributed by atoms with Gasteiger partial charge in [0.05, 0.1) is 29.3 Å². The first-order chi connectivity index (χ1) is 15.4. The van der Waals surface area contributed by atoms with E-state index in [4.69, 9.17) is 21.1 Å². The van der Waals surface area contributed by atoms with Gasteiger partial charge in [0.25, 0.3) is 5.91 Å². The predicted octanol–water partition coefficient (Wildman–Crippen LogP) is 4.20. The Bertz CT molecular complexity index is 946. The Kier molecular flexibility index (Phi) is 10.2. The summed E-state index contributed by atoms with van der Waals surface area (Å²) in [4.78, 5) is 47.5. The van der Waals surface area contributed by atoms with Gasteiger partial charge < -0.3 is 20.1 Å². The van der Waals surface area contributed by atoms with Crippen molar-refractivity contribution in [2.45, 2.75) is 32.6 Å². The lowest BCUT2D eigenvalue weighted by Gasteiger charge is -2.08. The number of halogens is 1. The second kappa shape index (κ2) is 13.1. The Labute approximate surface area is 191 Å². The number of carbonyl (C=O) groups is 4. The van der Waals surface area contributed by atoms with Crippen molar-refractivity contribution in [2.75, 3.05) is 23.8 Å². The minimum Gasteiger partial charge on any atom is -0.462 e. The van der Waals surface area contributed by atoms with E-state index in [0.717, 1.165) is 12.8 Å². The summed E-state index contributed by atoms with van der Waals surface area (Å²) < 4.78 is 9.99. The first-order valence-corrected chi connectivity index (χ1v) is 10.5. The second-order valence-electron chi connectivity index (χ2n) is 6.80. The number of para-hydroxylation sites is 1. The molecule has 2 aromatic carbocycles. The molecule has 0 unspecified atom stereocenters. The molecule has 170 valence electrons. The van der Waals surface area contributed by atoms with Crippen LogP contribution >= 0.6 is 11.6 Å². The molecular formula is C23H25ClN2O6. The molecule has 2 amide bonds. The van der Waals surface area contributed by atoms with Crippen LogP contribution in [0.25, 0.3) is 0 Å². The molecule has 32 heavy (non-hydrogen) atoms. The number of rotatable bonds is 11. The van der Waals surface area contributed by atoms with Crippen LogP contribution in [-0.2, 0) is 23.9 Å². The molecule has 0 spiro atoms. The summed E-state index contributed by atoms with van der Waals surface area (Å²) in [6.45, 7) is 1.89. The number of hydrogen-bond acceptors (Lipinski definition) is 6. The van der Waals surface area contributed by atoms with Crippen LogP contribution in [0, 0.1) is 0 Å². The van der Waals surface area contributed by atoms with Crippen LogP contribution in [0.15, 0.2) is 48.5 Å². The molecule has 0 aliphatic rings. The molecule has 0 saturated carbocycles. The van der Waals surface area contributed by atoms with Gasteiger partial charge in [0, 0.05) is 12.1 Å². The maximum absolute atomic E-state index is 12.0. The van der Waals surface area contributed by atoms with E-state index in [1.165, 1.54) is 0 Å². The number of esters is 2. The maximum atomic E-state index is 12.0. The molecule has 0 aliphatic carbocycles. The predicted molar refractivity (Wildman–Crippen MR) is 121 cm³/mol. The van der Waals surface area contributed by atoms with E-state index in [1.54, 1.807) is 48.5 Å². The van der Waals surface area contributed by atoms with Crippen molar-refractivity contribution < 1.29 is 28.7 Å². The maximum Gasteiger partial charge on any atom is 0.338 e. The molecule has 0 aromatic heterocycles. The number of unbranched alkanes of at least 4 members (excludes halogenated alkanes) is 1. The SMILES string of the molecule is CCCCOC(=O)c1ccc(NC(=O)CCC(=O)OCC(=O)Nc2ccccc2Cl)cc1. The van der Waals surface area contributed by atoms with Gasteiger partial charge in [-0.15, -0.1) is 0 Å². The topological polar surface area (TPSA) is 111 Å². The van der Waals surface area contributed by atoms with Crippen molar-refractivity contribution in [1.29, 1.82) is 0 Å². The summed E-state index contributed by atoms with van der Waals surface area (Å²) in [6, 6.07) is 12.9. The number of amides is 2. The quantitative estimate of drug-likeness (QED) is 0.384. The summed E-state index contributed by atoms with van der Waals surface area (Å²) >= 11 is 5.94. The zero-order chi connectivity index (χ0) is 23.3. The van der Waals surface area contributed by atoms with E-state index in [0.29, 0.717) is 28.6 Å². The second-order valence-corrected chi connectivity index (χ2v) is 7.21. The lowest BCUT2D eigenvalue weighted by Crippen LogP contribution is -2.22. The minimum atomic E-state index is -0.681. The van der Waals surface area contributed by atoms with Crippen LogP contribution < -0.4 is 10.6 Å². The highest BCUT2D eigenvalue weighted by molar-refractivity contribution is 6.33. The van der Waals surface area contributed by atoms with E-state index in [2.05, 4.69) is 10.6 Å². The number of ether oxygens (including phenoxy) is 2. The average Bonchev–Trinajstić information content (AvgIpc) is 2.78. The van der Waals surface area contributed by atoms with Crippen molar-refractivity contribution in [3.05, 3.63) is 59.1 Å². The molecule has 0 saturated heterocycles. The molecule has 0 bridgehead atoms. The molecule has 2 N–H and O–H groups in total.